The standard InChI is InChI=1S/C7H6N2O2S/c1-4-6(7(10)11)9-3-8-2-5(9)12-4/h2-3H,1H3,(H,10,11). The SMILES string of the molecule is Cc1sc2cncn2c1C(=O)O. The second-order valence-electron chi connectivity index (χ2n) is 2.41. The Kier molecular flexibility index (Phi) is 1.41. The van der Waals surface area contributed by atoms with Crippen molar-refractivity contribution in [1.29, 1.82) is 0 Å². The quantitative estimate of drug-likeness (QED) is 0.725. The van der Waals surface area contributed by atoms with Crippen LogP contribution in [0.25, 0.3) is 4.83 Å². The molecule has 0 unspecified atom stereocenters. The van der Waals surface area contributed by atoms with Crippen molar-refractivity contribution >= 4 is 22.1 Å². The maximum atomic E-state index is 10.8. The summed E-state index contributed by atoms with van der Waals surface area (Å²) in [6, 6.07) is 0. The molecule has 0 fully saturated rings. The van der Waals surface area contributed by atoms with E-state index in [1.165, 1.54) is 17.7 Å². The highest BCUT2D eigenvalue weighted by Gasteiger charge is 2.14. The van der Waals surface area contributed by atoms with Gasteiger partial charge in [0, 0.05) is 4.88 Å². The molecule has 0 aliphatic carbocycles. The molecule has 0 aromatic carbocycles. The molecule has 0 aliphatic rings. The number of aromatic carboxylic acids is 1. The summed E-state index contributed by atoms with van der Waals surface area (Å²) in [4.78, 5) is 16.3. The average Bonchev–Trinajstić information content (AvgIpc) is 2.44. The molecule has 0 aliphatic heterocycles. The van der Waals surface area contributed by atoms with Crippen LogP contribution in [0.15, 0.2) is 12.5 Å². The van der Waals surface area contributed by atoms with Crippen LogP contribution in [-0.4, -0.2) is 20.5 Å². The minimum atomic E-state index is -0.906. The Morgan fingerprint density at radius 1 is 1.75 bits per heavy atom. The molecule has 0 radical (unpaired) electrons. The average molecular weight is 182 g/mol. The van der Waals surface area contributed by atoms with E-state index in [9.17, 15) is 4.79 Å². The van der Waals surface area contributed by atoms with Gasteiger partial charge in [-0.25, -0.2) is 9.78 Å². The monoisotopic (exact) mass is 182 g/mol. The maximum Gasteiger partial charge on any atom is 0.354 e. The molecule has 5 heteroatoms. The number of carboxylic acid groups (broad SMARTS) is 1. The maximum absolute atomic E-state index is 10.8. The Bertz CT molecular complexity index is 443. The summed E-state index contributed by atoms with van der Waals surface area (Å²) < 4.78 is 1.59. The third-order valence-corrected chi connectivity index (χ3v) is 2.65. The minimum absolute atomic E-state index is 0.313. The molecule has 0 bridgehead atoms. The van der Waals surface area contributed by atoms with E-state index in [0.717, 1.165) is 9.71 Å². The zero-order chi connectivity index (χ0) is 8.72. The first-order valence-electron chi connectivity index (χ1n) is 3.35. The van der Waals surface area contributed by atoms with Gasteiger partial charge >= 0.3 is 5.97 Å². The molecule has 0 spiro atoms. The highest BCUT2D eigenvalue weighted by atomic mass is 32.1. The molecule has 1 N–H and O–H groups in total. The Labute approximate surface area is 72.1 Å². The number of imidazole rings is 1. The van der Waals surface area contributed by atoms with Crippen LogP contribution >= 0.6 is 11.3 Å². The van der Waals surface area contributed by atoms with Gasteiger partial charge < -0.3 is 5.11 Å². The van der Waals surface area contributed by atoms with Crippen LogP contribution in [0.1, 0.15) is 15.4 Å². The highest BCUT2D eigenvalue weighted by Crippen LogP contribution is 2.21. The van der Waals surface area contributed by atoms with Crippen molar-refractivity contribution in [3.63, 3.8) is 0 Å². The lowest BCUT2D eigenvalue weighted by atomic mass is 10.4. The van der Waals surface area contributed by atoms with E-state index >= 15 is 0 Å². The Morgan fingerprint density at radius 3 is 3.17 bits per heavy atom. The number of thiazole rings is 1. The number of aryl methyl sites for hydroxylation is 1. The van der Waals surface area contributed by atoms with Gasteiger partial charge in [-0.2, -0.15) is 0 Å². The molecule has 0 amide bonds. The fraction of sp³-hybridized carbons (Fsp3) is 0.143. The third-order valence-electron chi connectivity index (χ3n) is 1.64. The first-order valence-corrected chi connectivity index (χ1v) is 4.16. The number of carbonyl (C=O) groups is 1. The van der Waals surface area contributed by atoms with Crippen molar-refractivity contribution in [2.75, 3.05) is 0 Å². The first kappa shape index (κ1) is 7.30. The second-order valence-corrected chi connectivity index (χ2v) is 3.65. The van der Waals surface area contributed by atoms with Crippen molar-refractivity contribution in [3.05, 3.63) is 23.1 Å². The highest BCUT2D eigenvalue weighted by molar-refractivity contribution is 7.17. The summed E-state index contributed by atoms with van der Waals surface area (Å²) >= 11 is 1.43. The normalized spacial score (nSPS) is 10.8. The molecule has 0 saturated carbocycles. The zero-order valence-corrected chi connectivity index (χ0v) is 7.13. The van der Waals surface area contributed by atoms with Crippen LogP contribution in [0, 0.1) is 6.92 Å². The molecular weight excluding hydrogens is 176 g/mol. The summed E-state index contributed by atoms with van der Waals surface area (Å²) in [7, 11) is 0. The molecule has 0 saturated heterocycles. The number of hydrogen-bond acceptors (Lipinski definition) is 3. The molecule has 4 nitrogen and oxygen atoms in total. The number of rotatable bonds is 1. The van der Waals surface area contributed by atoms with Crippen LogP contribution in [0.3, 0.4) is 0 Å². The smallest absolute Gasteiger partial charge is 0.354 e. The van der Waals surface area contributed by atoms with E-state index in [4.69, 9.17) is 5.11 Å². The summed E-state index contributed by atoms with van der Waals surface area (Å²) in [5.41, 5.74) is 0.313. The van der Waals surface area contributed by atoms with Gasteiger partial charge in [-0.1, -0.05) is 0 Å². The van der Waals surface area contributed by atoms with Crippen LogP contribution < -0.4 is 0 Å². The molecule has 2 aromatic rings. The largest absolute Gasteiger partial charge is 0.477 e. The summed E-state index contributed by atoms with van der Waals surface area (Å²) in [5.74, 6) is -0.906. The Hall–Kier alpha value is -1.36. The van der Waals surface area contributed by atoms with E-state index in [0.29, 0.717) is 5.69 Å². The first-order chi connectivity index (χ1) is 5.70. The second kappa shape index (κ2) is 2.31. The van der Waals surface area contributed by atoms with E-state index < -0.39 is 5.97 Å². The van der Waals surface area contributed by atoms with E-state index in [1.807, 2.05) is 0 Å². The van der Waals surface area contributed by atoms with Crippen LogP contribution in [0.5, 0.6) is 0 Å². The topological polar surface area (TPSA) is 54.6 Å². The fourth-order valence-corrected chi connectivity index (χ4v) is 2.10. The van der Waals surface area contributed by atoms with Crippen molar-refractivity contribution in [2.45, 2.75) is 6.92 Å². The molecule has 0 atom stereocenters. The summed E-state index contributed by atoms with van der Waals surface area (Å²) in [5, 5.41) is 8.83. The molecule has 2 aromatic heterocycles. The third kappa shape index (κ3) is 0.831. The van der Waals surface area contributed by atoms with Gasteiger partial charge in [-0.05, 0) is 6.92 Å². The summed E-state index contributed by atoms with van der Waals surface area (Å²) in [6.07, 6.45) is 3.17. The lowest BCUT2D eigenvalue weighted by molar-refractivity contribution is 0.0689. The van der Waals surface area contributed by atoms with E-state index in [1.54, 1.807) is 17.5 Å². The lowest BCUT2D eigenvalue weighted by Crippen LogP contribution is -2.01. The lowest BCUT2D eigenvalue weighted by Gasteiger charge is -1.91. The predicted molar refractivity (Wildman–Crippen MR) is 44.8 cm³/mol. The van der Waals surface area contributed by atoms with Crippen molar-refractivity contribution in [3.8, 4) is 0 Å². The van der Waals surface area contributed by atoms with Gasteiger partial charge in [0.25, 0.3) is 0 Å². The molecule has 2 rings (SSSR count). The number of fused-ring (bicyclic) bond motifs is 1. The number of carboxylic acids is 1. The Balaban J connectivity index is 2.84. The minimum Gasteiger partial charge on any atom is -0.477 e. The van der Waals surface area contributed by atoms with Gasteiger partial charge in [0.2, 0.25) is 0 Å². The van der Waals surface area contributed by atoms with Gasteiger partial charge in [0.1, 0.15) is 16.9 Å². The zero-order valence-electron chi connectivity index (χ0n) is 6.31. The van der Waals surface area contributed by atoms with Crippen molar-refractivity contribution in [2.24, 2.45) is 0 Å². The van der Waals surface area contributed by atoms with Crippen LogP contribution in [0.4, 0.5) is 0 Å². The molecule has 2 heterocycles. The van der Waals surface area contributed by atoms with Gasteiger partial charge in [0.15, 0.2) is 0 Å². The number of hydrogen-bond donors (Lipinski definition) is 1. The summed E-state index contributed by atoms with van der Waals surface area (Å²) in [6.45, 7) is 1.79. The fourth-order valence-electron chi connectivity index (χ4n) is 1.15. The van der Waals surface area contributed by atoms with Crippen molar-refractivity contribution < 1.29 is 9.90 Å². The molecular formula is C7H6N2O2S. The van der Waals surface area contributed by atoms with Gasteiger partial charge in [0.05, 0.1) is 6.20 Å². The molecule has 12 heavy (non-hydrogen) atoms. The van der Waals surface area contributed by atoms with Crippen molar-refractivity contribution in [1.82, 2.24) is 9.38 Å². The van der Waals surface area contributed by atoms with E-state index in [-0.39, 0.29) is 0 Å². The van der Waals surface area contributed by atoms with Crippen LogP contribution in [0.2, 0.25) is 0 Å². The Morgan fingerprint density at radius 2 is 2.50 bits per heavy atom. The van der Waals surface area contributed by atoms with Gasteiger partial charge in [-0.15, -0.1) is 11.3 Å². The number of aromatic nitrogens is 2. The van der Waals surface area contributed by atoms with Gasteiger partial charge in [-0.3, -0.25) is 4.40 Å². The van der Waals surface area contributed by atoms with E-state index in [2.05, 4.69) is 4.98 Å². The van der Waals surface area contributed by atoms with Crippen LogP contribution in [-0.2, 0) is 0 Å². The predicted octanol–water partition coefficient (Wildman–Crippen LogP) is 1.40. The molecule has 62 valence electrons. The number of nitrogens with zero attached hydrogens (tertiary/aromatic N) is 2.